The van der Waals surface area contributed by atoms with Gasteiger partial charge in [-0.25, -0.2) is 10.6 Å². The number of amides is 3. The third-order valence-electron chi connectivity index (χ3n) is 3.30. The second kappa shape index (κ2) is 6.58. The lowest BCUT2D eigenvalue weighted by Gasteiger charge is -2.31. The fraction of sp³-hybridized carbons (Fsp3) is 0.385. The van der Waals surface area contributed by atoms with Crippen LogP contribution in [0.5, 0.6) is 0 Å². The molecule has 4 N–H and O–H groups in total. The van der Waals surface area contributed by atoms with Crippen LogP contribution in [0.4, 0.5) is 10.5 Å². The van der Waals surface area contributed by atoms with Crippen LogP contribution in [0, 0.1) is 5.92 Å². The molecule has 0 saturated carbocycles. The predicted molar refractivity (Wildman–Crippen MR) is 77.1 cm³/mol. The summed E-state index contributed by atoms with van der Waals surface area (Å²) in [6.07, 6.45) is 1.52. The van der Waals surface area contributed by atoms with Gasteiger partial charge in [-0.05, 0) is 31.0 Å². The molecule has 1 atom stereocenters. The van der Waals surface area contributed by atoms with Gasteiger partial charge in [0.1, 0.15) is 0 Å². The number of rotatable bonds is 2. The van der Waals surface area contributed by atoms with E-state index in [4.69, 9.17) is 17.4 Å². The van der Waals surface area contributed by atoms with Crippen molar-refractivity contribution in [1.29, 1.82) is 0 Å². The molecule has 0 spiro atoms. The summed E-state index contributed by atoms with van der Waals surface area (Å²) < 4.78 is 0. The van der Waals surface area contributed by atoms with Crippen molar-refractivity contribution in [3.05, 3.63) is 29.3 Å². The smallest absolute Gasteiger partial charge is 0.321 e. The number of nitrogens with one attached hydrogen (secondary N) is 2. The Morgan fingerprint density at radius 2 is 2.20 bits per heavy atom. The summed E-state index contributed by atoms with van der Waals surface area (Å²) in [5, 5.41) is 3.33. The van der Waals surface area contributed by atoms with E-state index in [0.717, 1.165) is 12.8 Å². The highest BCUT2D eigenvalue weighted by Gasteiger charge is 2.27. The van der Waals surface area contributed by atoms with Gasteiger partial charge in [-0.3, -0.25) is 10.2 Å². The number of carbonyl (C=O) groups excluding carboxylic acids is 2. The second-order valence-corrected chi connectivity index (χ2v) is 5.17. The Kier molecular flexibility index (Phi) is 4.81. The Balaban J connectivity index is 1.97. The highest BCUT2D eigenvalue weighted by molar-refractivity contribution is 6.30. The molecule has 1 unspecified atom stereocenters. The second-order valence-electron chi connectivity index (χ2n) is 4.73. The van der Waals surface area contributed by atoms with Crippen LogP contribution >= 0.6 is 11.6 Å². The number of hydrogen-bond acceptors (Lipinski definition) is 3. The maximum Gasteiger partial charge on any atom is 0.321 e. The average molecular weight is 297 g/mol. The van der Waals surface area contributed by atoms with Crippen LogP contribution in [-0.2, 0) is 4.79 Å². The first-order valence-electron chi connectivity index (χ1n) is 6.42. The highest BCUT2D eigenvalue weighted by atomic mass is 35.5. The quantitative estimate of drug-likeness (QED) is 0.440. The molecular weight excluding hydrogens is 280 g/mol. The molecule has 0 aromatic heterocycles. The van der Waals surface area contributed by atoms with Gasteiger partial charge >= 0.3 is 6.03 Å². The molecule has 1 aliphatic rings. The molecule has 0 radical (unpaired) electrons. The molecule has 6 nitrogen and oxygen atoms in total. The van der Waals surface area contributed by atoms with Gasteiger partial charge in [0.25, 0.3) is 0 Å². The molecule has 1 heterocycles. The van der Waals surface area contributed by atoms with Crippen molar-refractivity contribution in [2.75, 3.05) is 18.4 Å². The number of hydrogen-bond donors (Lipinski definition) is 3. The lowest BCUT2D eigenvalue weighted by molar-refractivity contribution is -0.126. The highest BCUT2D eigenvalue weighted by Crippen LogP contribution is 2.19. The summed E-state index contributed by atoms with van der Waals surface area (Å²) in [5.41, 5.74) is 2.77. The Bertz CT molecular complexity index is 509. The normalized spacial score (nSPS) is 18.5. The van der Waals surface area contributed by atoms with Crippen molar-refractivity contribution in [3.8, 4) is 0 Å². The van der Waals surface area contributed by atoms with Gasteiger partial charge in [-0.1, -0.05) is 17.7 Å². The van der Waals surface area contributed by atoms with E-state index in [9.17, 15) is 9.59 Å². The van der Waals surface area contributed by atoms with Gasteiger partial charge in [-0.15, -0.1) is 0 Å². The van der Waals surface area contributed by atoms with Gasteiger partial charge in [0.15, 0.2) is 0 Å². The number of benzene rings is 1. The minimum Gasteiger partial charge on any atom is -0.324 e. The molecule has 0 aliphatic carbocycles. The minimum atomic E-state index is -0.251. The molecule has 7 heteroatoms. The number of carbonyl (C=O) groups is 2. The first-order chi connectivity index (χ1) is 9.60. The minimum absolute atomic E-state index is 0.231. The van der Waals surface area contributed by atoms with Crippen LogP contribution in [0.1, 0.15) is 12.8 Å². The molecule has 2 rings (SSSR count). The number of likely N-dealkylation sites (tertiary alicyclic amines) is 1. The van der Waals surface area contributed by atoms with E-state index in [1.807, 2.05) is 0 Å². The standard InChI is InChI=1S/C13H17ClN4O2/c14-10-4-1-5-11(7-10)16-13(20)18-6-2-3-9(8-18)12(19)17-15/h1,4-5,7,9H,2-3,6,8,15H2,(H,16,20)(H,17,19). The summed E-state index contributed by atoms with van der Waals surface area (Å²) in [6.45, 7) is 0.996. The van der Waals surface area contributed by atoms with E-state index in [-0.39, 0.29) is 17.9 Å². The van der Waals surface area contributed by atoms with E-state index in [1.54, 1.807) is 29.2 Å². The van der Waals surface area contributed by atoms with Crippen molar-refractivity contribution in [2.24, 2.45) is 11.8 Å². The van der Waals surface area contributed by atoms with Crippen LogP contribution in [0.25, 0.3) is 0 Å². The first-order valence-corrected chi connectivity index (χ1v) is 6.80. The van der Waals surface area contributed by atoms with Crippen molar-refractivity contribution < 1.29 is 9.59 Å². The third-order valence-corrected chi connectivity index (χ3v) is 3.53. The summed E-state index contributed by atoms with van der Waals surface area (Å²) in [6, 6.07) is 6.70. The lowest BCUT2D eigenvalue weighted by atomic mass is 9.98. The molecular formula is C13H17ClN4O2. The van der Waals surface area contributed by atoms with Crippen LogP contribution < -0.4 is 16.6 Å². The van der Waals surface area contributed by atoms with Crippen LogP contribution in [0.2, 0.25) is 5.02 Å². The predicted octanol–water partition coefficient (Wildman–Crippen LogP) is 1.57. The van der Waals surface area contributed by atoms with E-state index >= 15 is 0 Å². The van der Waals surface area contributed by atoms with E-state index in [1.165, 1.54) is 0 Å². The number of hydrazine groups is 1. The number of urea groups is 1. The number of piperidine rings is 1. The molecule has 108 valence electrons. The van der Waals surface area contributed by atoms with Crippen LogP contribution in [-0.4, -0.2) is 29.9 Å². The monoisotopic (exact) mass is 296 g/mol. The molecule has 0 bridgehead atoms. The largest absolute Gasteiger partial charge is 0.324 e. The van der Waals surface area contributed by atoms with Crippen molar-refractivity contribution >= 4 is 29.2 Å². The zero-order valence-corrected chi connectivity index (χ0v) is 11.7. The Morgan fingerprint density at radius 1 is 1.40 bits per heavy atom. The molecule has 3 amide bonds. The number of nitrogens with zero attached hydrogens (tertiary/aromatic N) is 1. The third kappa shape index (κ3) is 3.61. The SMILES string of the molecule is NNC(=O)C1CCCN(C(=O)Nc2cccc(Cl)c2)C1. The maximum atomic E-state index is 12.1. The topological polar surface area (TPSA) is 87.5 Å². The first kappa shape index (κ1) is 14.6. The summed E-state index contributed by atoms with van der Waals surface area (Å²) in [7, 11) is 0. The van der Waals surface area contributed by atoms with Crippen molar-refractivity contribution in [1.82, 2.24) is 10.3 Å². The van der Waals surface area contributed by atoms with E-state index in [2.05, 4.69) is 10.7 Å². The zero-order chi connectivity index (χ0) is 14.5. The molecule has 1 aliphatic heterocycles. The maximum absolute atomic E-state index is 12.1. The Labute approximate surface area is 122 Å². The number of nitrogens with two attached hydrogens (primary N) is 1. The lowest BCUT2D eigenvalue weighted by Crippen LogP contribution is -2.48. The van der Waals surface area contributed by atoms with Gasteiger partial charge in [-0.2, -0.15) is 0 Å². The summed E-state index contributed by atoms with van der Waals surface area (Å²) >= 11 is 5.87. The summed E-state index contributed by atoms with van der Waals surface area (Å²) in [5.74, 6) is 4.65. The number of halogens is 1. The van der Waals surface area contributed by atoms with Gasteiger partial charge in [0, 0.05) is 23.8 Å². The molecule has 1 aromatic rings. The Hall–Kier alpha value is -1.79. The van der Waals surface area contributed by atoms with E-state index in [0.29, 0.717) is 23.8 Å². The molecule has 1 fully saturated rings. The fourth-order valence-corrected chi connectivity index (χ4v) is 2.45. The molecule has 1 saturated heterocycles. The zero-order valence-electron chi connectivity index (χ0n) is 10.9. The number of anilines is 1. The van der Waals surface area contributed by atoms with Crippen molar-refractivity contribution in [3.63, 3.8) is 0 Å². The Morgan fingerprint density at radius 3 is 2.90 bits per heavy atom. The molecule has 1 aromatic carbocycles. The van der Waals surface area contributed by atoms with Gasteiger partial charge in [0.2, 0.25) is 5.91 Å². The van der Waals surface area contributed by atoms with E-state index < -0.39 is 0 Å². The average Bonchev–Trinajstić information content (AvgIpc) is 2.46. The summed E-state index contributed by atoms with van der Waals surface area (Å²) in [4.78, 5) is 25.3. The van der Waals surface area contributed by atoms with Gasteiger partial charge in [0.05, 0.1) is 5.92 Å². The van der Waals surface area contributed by atoms with Crippen LogP contribution in [0.15, 0.2) is 24.3 Å². The van der Waals surface area contributed by atoms with Gasteiger partial charge < -0.3 is 10.2 Å². The van der Waals surface area contributed by atoms with Crippen molar-refractivity contribution in [2.45, 2.75) is 12.8 Å². The molecule has 20 heavy (non-hydrogen) atoms. The fourth-order valence-electron chi connectivity index (χ4n) is 2.26. The van der Waals surface area contributed by atoms with Crippen LogP contribution in [0.3, 0.4) is 0 Å².